The molecule has 8 N–H and O–H groups in total. The number of hydrogen-bond donors (Lipinski definition) is 8. The van der Waals surface area contributed by atoms with E-state index in [1.807, 2.05) is 0 Å². The van der Waals surface area contributed by atoms with Crippen LogP contribution in [0.1, 0.15) is 0 Å². The predicted molar refractivity (Wildman–Crippen MR) is 50.8 cm³/mol. The number of carboxylic acids is 1. The van der Waals surface area contributed by atoms with Gasteiger partial charge in [-0.25, -0.2) is 4.79 Å². The van der Waals surface area contributed by atoms with Gasteiger partial charge in [-0.15, -0.1) is 0 Å². The molecular formula is C8H16O9. The van der Waals surface area contributed by atoms with Gasteiger partial charge in [0.25, 0.3) is 0 Å². The Kier molecular flexibility index (Phi) is 6.49. The number of hydrogen-bond acceptors (Lipinski definition) is 8. The minimum absolute atomic E-state index is 0.914. The Morgan fingerprint density at radius 3 is 1.59 bits per heavy atom. The molecule has 0 aliphatic carbocycles. The SMILES string of the molecule is O=C(O)[C@@H](O)[C@@H](O)[C@@H](O)[C@@H](O)[C@@H](O)[C@@H](O)CO. The van der Waals surface area contributed by atoms with Crippen LogP contribution in [-0.4, -0.2) is 90.1 Å². The van der Waals surface area contributed by atoms with Gasteiger partial charge in [-0.05, 0) is 0 Å². The molecule has 0 saturated heterocycles. The topological polar surface area (TPSA) is 179 Å². The van der Waals surface area contributed by atoms with Crippen LogP contribution in [0.25, 0.3) is 0 Å². The maximum absolute atomic E-state index is 10.3. The summed E-state index contributed by atoms with van der Waals surface area (Å²) in [5.74, 6) is -1.83. The van der Waals surface area contributed by atoms with Crippen LogP contribution in [0.2, 0.25) is 0 Å². The molecule has 0 heterocycles. The molecule has 0 spiro atoms. The quantitative estimate of drug-likeness (QED) is 0.222. The Bertz CT molecular complexity index is 245. The lowest BCUT2D eigenvalue weighted by Crippen LogP contribution is -2.54. The number of rotatable bonds is 7. The second-order valence-corrected chi connectivity index (χ2v) is 3.50. The minimum Gasteiger partial charge on any atom is -0.479 e. The summed E-state index contributed by atoms with van der Waals surface area (Å²) in [6, 6.07) is 0. The molecule has 0 rings (SSSR count). The van der Waals surface area contributed by atoms with Crippen molar-refractivity contribution in [2.45, 2.75) is 36.6 Å². The average Bonchev–Trinajstić information content (AvgIpc) is 2.32. The van der Waals surface area contributed by atoms with E-state index in [-0.39, 0.29) is 0 Å². The lowest BCUT2D eigenvalue weighted by molar-refractivity contribution is -0.175. The van der Waals surface area contributed by atoms with Crippen molar-refractivity contribution in [2.24, 2.45) is 0 Å². The molecule has 0 aromatic rings. The predicted octanol–water partition coefficient (Wildman–Crippen LogP) is -4.77. The van der Waals surface area contributed by atoms with E-state index >= 15 is 0 Å². The summed E-state index contributed by atoms with van der Waals surface area (Å²) in [5.41, 5.74) is 0. The molecule has 102 valence electrons. The Labute approximate surface area is 95.8 Å². The van der Waals surface area contributed by atoms with Gasteiger partial charge in [-0.3, -0.25) is 0 Å². The van der Waals surface area contributed by atoms with E-state index in [0.29, 0.717) is 0 Å². The van der Waals surface area contributed by atoms with Gasteiger partial charge in [-0.2, -0.15) is 0 Å². The number of carbonyl (C=O) groups is 1. The summed E-state index contributed by atoms with van der Waals surface area (Å²) in [6.07, 6.45) is -12.8. The Hall–Kier alpha value is -0.810. The average molecular weight is 256 g/mol. The van der Waals surface area contributed by atoms with Crippen LogP contribution in [0.5, 0.6) is 0 Å². The van der Waals surface area contributed by atoms with E-state index in [1.165, 1.54) is 0 Å². The van der Waals surface area contributed by atoms with Crippen molar-refractivity contribution in [1.82, 2.24) is 0 Å². The van der Waals surface area contributed by atoms with Gasteiger partial charge >= 0.3 is 5.97 Å². The van der Waals surface area contributed by atoms with Gasteiger partial charge in [0.15, 0.2) is 6.10 Å². The lowest BCUT2D eigenvalue weighted by atomic mass is 9.96. The van der Waals surface area contributed by atoms with Crippen LogP contribution in [0.4, 0.5) is 0 Å². The number of aliphatic hydroxyl groups excluding tert-OH is 7. The maximum Gasteiger partial charge on any atom is 0.335 e. The van der Waals surface area contributed by atoms with E-state index in [2.05, 4.69) is 0 Å². The molecule has 0 amide bonds. The highest BCUT2D eigenvalue weighted by atomic mass is 16.4. The fraction of sp³-hybridized carbons (Fsp3) is 0.875. The first-order valence-electron chi connectivity index (χ1n) is 4.66. The molecule has 6 atom stereocenters. The fourth-order valence-corrected chi connectivity index (χ4v) is 1.07. The highest BCUT2D eigenvalue weighted by molar-refractivity contribution is 5.72. The van der Waals surface area contributed by atoms with E-state index < -0.39 is 49.2 Å². The van der Waals surface area contributed by atoms with Gasteiger partial charge in [0, 0.05) is 0 Å². The van der Waals surface area contributed by atoms with Crippen LogP contribution in [0.15, 0.2) is 0 Å². The monoisotopic (exact) mass is 256 g/mol. The van der Waals surface area contributed by atoms with E-state index in [9.17, 15) is 15.0 Å². The zero-order chi connectivity index (χ0) is 13.7. The van der Waals surface area contributed by atoms with Crippen molar-refractivity contribution in [3.8, 4) is 0 Å². The normalized spacial score (nSPS) is 22.3. The maximum atomic E-state index is 10.3. The highest BCUT2D eigenvalue weighted by Crippen LogP contribution is 2.11. The molecule has 0 aliphatic heterocycles. The standard InChI is InChI=1S/C8H16O9/c9-1-2(10)3(11)4(12)5(13)6(14)7(15)8(16)17/h2-7,9-15H,1H2,(H,16,17)/t2-,3-,4-,5-,6-,7-/m0/s1. The van der Waals surface area contributed by atoms with Crippen LogP contribution in [0, 0.1) is 0 Å². The van der Waals surface area contributed by atoms with Crippen molar-refractivity contribution < 1.29 is 45.6 Å². The number of aliphatic hydroxyl groups is 7. The fourth-order valence-electron chi connectivity index (χ4n) is 1.07. The molecule has 0 saturated carbocycles. The molecule has 0 bridgehead atoms. The Morgan fingerprint density at radius 1 is 0.824 bits per heavy atom. The van der Waals surface area contributed by atoms with Crippen molar-refractivity contribution in [3.05, 3.63) is 0 Å². The van der Waals surface area contributed by atoms with Crippen molar-refractivity contribution in [3.63, 3.8) is 0 Å². The van der Waals surface area contributed by atoms with Crippen LogP contribution >= 0.6 is 0 Å². The van der Waals surface area contributed by atoms with Gasteiger partial charge in [0.2, 0.25) is 0 Å². The zero-order valence-corrected chi connectivity index (χ0v) is 8.66. The van der Waals surface area contributed by atoms with Gasteiger partial charge in [-0.1, -0.05) is 0 Å². The summed E-state index contributed by atoms with van der Waals surface area (Å²) < 4.78 is 0. The number of carboxylic acid groups (broad SMARTS) is 1. The van der Waals surface area contributed by atoms with Crippen molar-refractivity contribution in [1.29, 1.82) is 0 Å². The Balaban J connectivity index is 4.58. The van der Waals surface area contributed by atoms with E-state index in [0.717, 1.165) is 0 Å². The second kappa shape index (κ2) is 6.81. The summed E-state index contributed by atoms with van der Waals surface area (Å²) >= 11 is 0. The molecule has 0 fully saturated rings. The third-order valence-corrected chi connectivity index (χ3v) is 2.21. The molecule has 0 radical (unpaired) electrons. The number of aliphatic carboxylic acids is 1. The second-order valence-electron chi connectivity index (χ2n) is 3.50. The molecule has 0 aromatic carbocycles. The Morgan fingerprint density at radius 2 is 1.24 bits per heavy atom. The van der Waals surface area contributed by atoms with Crippen LogP contribution in [-0.2, 0) is 4.79 Å². The van der Waals surface area contributed by atoms with E-state index in [1.54, 1.807) is 0 Å². The van der Waals surface area contributed by atoms with E-state index in [4.69, 9.17) is 30.6 Å². The van der Waals surface area contributed by atoms with Crippen molar-refractivity contribution in [2.75, 3.05) is 6.61 Å². The first-order chi connectivity index (χ1) is 7.73. The molecular weight excluding hydrogens is 240 g/mol. The summed E-state index contributed by atoms with van der Waals surface area (Å²) in [6.45, 7) is -0.914. The highest BCUT2D eigenvalue weighted by Gasteiger charge is 2.39. The van der Waals surface area contributed by atoms with Crippen LogP contribution < -0.4 is 0 Å². The van der Waals surface area contributed by atoms with Gasteiger partial charge in [0.1, 0.15) is 30.5 Å². The molecule has 9 nitrogen and oxygen atoms in total. The molecule has 0 aliphatic rings. The third kappa shape index (κ3) is 4.16. The largest absolute Gasteiger partial charge is 0.479 e. The minimum atomic E-state index is -2.36. The lowest BCUT2D eigenvalue weighted by Gasteiger charge is -2.29. The molecule has 9 heteroatoms. The third-order valence-electron chi connectivity index (χ3n) is 2.21. The molecule has 0 aromatic heterocycles. The first-order valence-corrected chi connectivity index (χ1v) is 4.66. The molecule has 0 unspecified atom stereocenters. The van der Waals surface area contributed by atoms with Crippen LogP contribution in [0.3, 0.4) is 0 Å². The van der Waals surface area contributed by atoms with Gasteiger partial charge < -0.3 is 40.9 Å². The van der Waals surface area contributed by atoms with Crippen molar-refractivity contribution >= 4 is 5.97 Å². The smallest absolute Gasteiger partial charge is 0.335 e. The first kappa shape index (κ1) is 16.2. The molecule has 17 heavy (non-hydrogen) atoms. The summed E-state index contributed by atoms with van der Waals surface area (Å²) in [5, 5.41) is 71.4. The summed E-state index contributed by atoms with van der Waals surface area (Å²) in [4.78, 5) is 10.3. The van der Waals surface area contributed by atoms with Gasteiger partial charge in [0.05, 0.1) is 6.61 Å². The summed E-state index contributed by atoms with van der Waals surface area (Å²) in [7, 11) is 0. The zero-order valence-electron chi connectivity index (χ0n) is 8.66.